The molecular formula is C22H27N3O2. The quantitative estimate of drug-likeness (QED) is 0.789. The first kappa shape index (κ1) is 19.1. The number of anilines is 1. The van der Waals surface area contributed by atoms with Gasteiger partial charge in [-0.15, -0.1) is 0 Å². The van der Waals surface area contributed by atoms with E-state index in [2.05, 4.69) is 11.9 Å². The molecule has 0 radical (unpaired) electrons. The molecule has 1 atom stereocenters. The fourth-order valence-electron chi connectivity index (χ4n) is 3.57. The summed E-state index contributed by atoms with van der Waals surface area (Å²) in [6, 6.07) is 11.8. The molecule has 2 heterocycles. The van der Waals surface area contributed by atoms with Gasteiger partial charge in [-0.05, 0) is 48.7 Å². The van der Waals surface area contributed by atoms with Gasteiger partial charge in [0, 0.05) is 24.6 Å². The third kappa shape index (κ3) is 4.73. The number of carbonyl (C=O) groups is 2. The van der Waals surface area contributed by atoms with Crippen molar-refractivity contribution in [2.24, 2.45) is 0 Å². The number of carbonyl (C=O) groups excluding carboxylic acids is 2. The summed E-state index contributed by atoms with van der Waals surface area (Å²) in [5.41, 5.74) is 2.97. The van der Waals surface area contributed by atoms with Gasteiger partial charge < -0.3 is 9.80 Å². The first-order chi connectivity index (χ1) is 13.1. The number of unbranched alkanes of at least 4 members (excludes halogenated alkanes) is 1. The van der Waals surface area contributed by atoms with Gasteiger partial charge in [0.1, 0.15) is 6.54 Å². The van der Waals surface area contributed by atoms with Gasteiger partial charge in [0.2, 0.25) is 11.8 Å². The zero-order valence-electron chi connectivity index (χ0n) is 16.1. The molecule has 1 unspecified atom stereocenters. The minimum absolute atomic E-state index is 0.0135. The van der Waals surface area contributed by atoms with Gasteiger partial charge in [-0.3, -0.25) is 14.6 Å². The molecule has 1 aromatic heterocycles. The SMILES string of the molecule is CCCCC1CN(c2cccc(C)c2)C(=O)CN1C(=O)Cc1ccncc1. The van der Waals surface area contributed by atoms with E-state index in [0.29, 0.717) is 13.0 Å². The van der Waals surface area contributed by atoms with Crippen LogP contribution in [0, 0.1) is 6.92 Å². The molecule has 5 heteroatoms. The summed E-state index contributed by atoms with van der Waals surface area (Å²) in [6.45, 7) is 4.88. The lowest BCUT2D eigenvalue weighted by Crippen LogP contribution is -2.58. The highest BCUT2D eigenvalue weighted by Gasteiger charge is 2.35. The van der Waals surface area contributed by atoms with Gasteiger partial charge in [-0.1, -0.05) is 31.9 Å². The lowest BCUT2D eigenvalue weighted by molar-refractivity contribution is -0.139. The predicted molar refractivity (Wildman–Crippen MR) is 106 cm³/mol. The third-order valence-corrected chi connectivity index (χ3v) is 5.07. The van der Waals surface area contributed by atoms with E-state index < -0.39 is 0 Å². The first-order valence-electron chi connectivity index (χ1n) is 9.64. The van der Waals surface area contributed by atoms with Crippen molar-refractivity contribution >= 4 is 17.5 Å². The van der Waals surface area contributed by atoms with Crippen LogP contribution in [0.5, 0.6) is 0 Å². The van der Waals surface area contributed by atoms with Crippen LogP contribution in [-0.2, 0) is 16.0 Å². The number of pyridine rings is 1. The number of hydrogen-bond donors (Lipinski definition) is 0. The number of aryl methyl sites for hydroxylation is 1. The topological polar surface area (TPSA) is 53.5 Å². The molecule has 142 valence electrons. The van der Waals surface area contributed by atoms with E-state index in [1.807, 2.05) is 48.2 Å². The Bertz CT molecular complexity index is 791. The second-order valence-electron chi connectivity index (χ2n) is 7.19. The van der Waals surface area contributed by atoms with Crippen LogP contribution in [-0.4, -0.2) is 40.8 Å². The van der Waals surface area contributed by atoms with Crippen molar-refractivity contribution in [3.05, 3.63) is 59.9 Å². The maximum absolute atomic E-state index is 12.9. The molecule has 2 aromatic rings. The molecule has 0 spiro atoms. The Balaban J connectivity index is 1.78. The largest absolute Gasteiger partial charge is 0.328 e. The summed E-state index contributed by atoms with van der Waals surface area (Å²) in [5.74, 6) is -0.00373. The van der Waals surface area contributed by atoms with Crippen molar-refractivity contribution in [3.63, 3.8) is 0 Å². The molecule has 3 rings (SSSR count). The molecule has 5 nitrogen and oxygen atoms in total. The predicted octanol–water partition coefficient (Wildman–Crippen LogP) is 3.37. The van der Waals surface area contributed by atoms with Gasteiger partial charge in [-0.25, -0.2) is 0 Å². The van der Waals surface area contributed by atoms with Crippen molar-refractivity contribution in [2.45, 2.75) is 45.6 Å². The lowest BCUT2D eigenvalue weighted by Gasteiger charge is -2.41. The first-order valence-corrected chi connectivity index (χ1v) is 9.64. The zero-order chi connectivity index (χ0) is 19.2. The number of aromatic nitrogens is 1. The summed E-state index contributed by atoms with van der Waals surface area (Å²) in [4.78, 5) is 33.4. The van der Waals surface area contributed by atoms with E-state index in [-0.39, 0.29) is 24.4 Å². The highest BCUT2D eigenvalue weighted by molar-refractivity contribution is 5.98. The molecule has 1 aliphatic heterocycles. The molecule has 0 N–H and O–H groups in total. The number of amides is 2. The van der Waals surface area contributed by atoms with Gasteiger partial charge in [0.05, 0.1) is 12.5 Å². The van der Waals surface area contributed by atoms with Crippen LogP contribution in [0.15, 0.2) is 48.8 Å². The summed E-state index contributed by atoms with van der Waals surface area (Å²) >= 11 is 0. The summed E-state index contributed by atoms with van der Waals surface area (Å²) < 4.78 is 0. The van der Waals surface area contributed by atoms with Gasteiger partial charge in [-0.2, -0.15) is 0 Å². The van der Waals surface area contributed by atoms with Crippen molar-refractivity contribution in [2.75, 3.05) is 18.0 Å². The maximum atomic E-state index is 12.9. The Morgan fingerprint density at radius 2 is 2.00 bits per heavy atom. The average molecular weight is 365 g/mol. The summed E-state index contributed by atoms with van der Waals surface area (Å²) in [6.07, 6.45) is 6.72. The highest BCUT2D eigenvalue weighted by Crippen LogP contribution is 2.24. The van der Waals surface area contributed by atoms with Crippen LogP contribution in [0.2, 0.25) is 0 Å². The van der Waals surface area contributed by atoms with E-state index in [4.69, 9.17) is 0 Å². The van der Waals surface area contributed by atoms with Crippen LogP contribution in [0.4, 0.5) is 5.69 Å². The third-order valence-electron chi connectivity index (χ3n) is 5.07. The van der Waals surface area contributed by atoms with Gasteiger partial charge in [0.15, 0.2) is 0 Å². The van der Waals surface area contributed by atoms with Crippen molar-refractivity contribution in [1.82, 2.24) is 9.88 Å². The summed E-state index contributed by atoms with van der Waals surface area (Å²) in [7, 11) is 0. The van der Waals surface area contributed by atoms with Crippen molar-refractivity contribution < 1.29 is 9.59 Å². The van der Waals surface area contributed by atoms with Crippen LogP contribution >= 0.6 is 0 Å². The maximum Gasteiger partial charge on any atom is 0.246 e. The zero-order valence-corrected chi connectivity index (χ0v) is 16.1. The molecule has 0 bridgehead atoms. The van der Waals surface area contributed by atoms with Crippen molar-refractivity contribution in [3.8, 4) is 0 Å². The second-order valence-corrected chi connectivity index (χ2v) is 7.19. The van der Waals surface area contributed by atoms with E-state index in [0.717, 1.165) is 36.1 Å². The number of benzene rings is 1. The van der Waals surface area contributed by atoms with E-state index in [1.165, 1.54) is 0 Å². The van der Waals surface area contributed by atoms with Crippen LogP contribution in [0.3, 0.4) is 0 Å². The Hall–Kier alpha value is -2.69. The van der Waals surface area contributed by atoms with Crippen LogP contribution < -0.4 is 4.90 Å². The Morgan fingerprint density at radius 1 is 1.22 bits per heavy atom. The van der Waals surface area contributed by atoms with Crippen LogP contribution in [0.1, 0.15) is 37.3 Å². The molecule has 0 aliphatic carbocycles. The lowest BCUT2D eigenvalue weighted by atomic mass is 10.0. The number of nitrogens with zero attached hydrogens (tertiary/aromatic N) is 3. The van der Waals surface area contributed by atoms with Gasteiger partial charge in [0.25, 0.3) is 0 Å². The minimum Gasteiger partial charge on any atom is -0.328 e. The molecule has 1 aliphatic rings. The van der Waals surface area contributed by atoms with Crippen LogP contribution in [0.25, 0.3) is 0 Å². The number of hydrogen-bond acceptors (Lipinski definition) is 3. The Morgan fingerprint density at radius 3 is 2.70 bits per heavy atom. The molecular weight excluding hydrogens is 338 g/mol. The normalized spacial score (nSPS) is 17.3. The standard InChI is InChI=1S/C22H27N3O2/c1-3-4-7-20-15-24(19-8-5-6-17(2)13-19)22(27)16-25(20)21(26)14-18-9-11-23-12-10-18/h5-6,8-13,20H,3-4,7,14-16H2,1-2H3. The summed E-state index contributed by atoms with van der Waals surface area (Å²) in [5, 5.41) is 0. The fourth-order valence-corrected chi connectivity index (χ4v) is 3.57. The van der Waals surface area contributed by atoms with Crippen molar-refractivity contribution in [1.29, 1.82) is 0 Å². The minimum atomic E-state index is -0.0172. The Labute approximate surface area is 161 Å². The smallest absolute Gasteiger partial charge is 0.246 e. The van der Waals surface area contributed by atoms with E-state index in [1.54, 1.807) is 17.3 Å². The monoisotopic (exact) mass is 365 g/mol. The highest BCUT2D eigenvalue weighted by atomic mass is 16.2. The second kappa shape index (κ2) is 8.80. The fraction of sp³-hybridized carbons (Fsp3) is 0.409. The number of piperazine rings is 1. The van der Waals surface area contributed by atoms with E-state index >= 15 is 0 Å². The average Bonchev–Trinajstić information content (AvgIpc) is 2.67. The van der Waals surface area contributed by atoms with Gasteiger partial charge >= 0.3 is 0 Å². The molecule has 0 saturated carbocycles. The molecule has 27 heavy (non-hydrogen) atoms. The molecule has 1 saturated heterocycles. The van der Waals surface area contributed by atoms with E-state index in [9.17, 15) is 9.59 Å². The molecule has 1 fully saturated rings. The molecule has 2 amide bonds. The molecule has 1 aromatic carbocycles. The number of rotatable bonds is 6. The Kier molecular flexibility index (Phi) is 6.22.